The van der Waals surface area contributed by atoms with Gasteiger partial charge in [0.25, 0.3) is 0 Å². The quantitative estimate of drug-likeness (QED) is 0.559. The Hall–Kier alpha value is -1.06. The fraction of sp³-hybridized carbons (Fsp3) is 0.867. The molecule has 4 heteroatoms. The maximum Gasteiger partial charge on any atom is 0.309 e. The van der Waals surface area contributed by atoms with Gasteiger partial charge in [-0.05, 0) is 25.2 Å². The zero-order valence-electron chi connectivity index (χ0n) is 12.4. The second-order valence-corrected chi connectivity index (χ2v) is 5.31. The molecule has 1 atom stereocenters. The van der Waals surface area contributed by atoms with E-state index in [2.05, 4.69) is 6.92 Å². The normalized spacial score (nSPS) is 13.2. The fourth-order valence-electron chi connectivity index (χ4n) is 2.91. The van der Waals surface area contributed by atoms with Gasteiger partial charge in [-0.2, -0.15) is 0 Å². The van der Waals surface area contributed by atoms with Crippen LogP contribution >= 0.6 is 0 Å². The third kappa shape index (κ3) is 5.21. The van der Waals surface area contributed by atoms with Crippen molar-refractivity contribution in [2.75, 3.05) is 0 Å². The summed E-state index contributed by atoms with van der Waals surface area (Å²) in [6, 6.07) is 0. The first-order valence-electron chi connectivity index (χ1n) is 7.39. The molecule has 0 amide bonds. The summed E-state index contributed by atoms with van der Waals surface area (Å²) in [7, 11) is 0. The number of rotatable bonds is 11. The van der Waals surface area contributed by atoms with Crippen LogP contribution in [0.25, 0.3) is 0 Å². The van der Waals surface area contributed by atoms with Gasteiger partial charge in [0.2, 0.25) is 0 Å². The predicted octanol–water partition coefficient (Wildman–Crippen LogP) is 3.94. The van der Waals surface area contributed by atoms with Crippen LogP contribution in [-0.2, 0) is 9.59 Å². The molecular weight excluding hydrogens is 244 g/mol. The predicted molar refractivity (Wildman–Crippen MR) is 75.2 cm³/mol. The summed E-state index contributed by atoms with van der Waals surface area (Å²) in [5, 5.41) is 18.5. The van der Waals surface area contributed by atoms with E-state index < -0.39 is 17.4 Å². The van der Waals surface area contributed by atoms with Crippen LogP contribution < -0.4 is 0 Å². The molecule has 4 nitrogen and oxygen atoms in total. The van der Waals surface area contributed by atoms with Gasteiger partial charge in [-0.3, -0.25) is 9.59 Å². The van der Waals surface area contributed by atoms with Crippen molar-refractivity contribution in [2.24, 2.45) is 11.3 Å². The summed E-state index contributed by atoms with van der Waals surface area (Å²) < 4.78 is 0. The largest absolute Gasteiger partial charge is 0.481 e. The molecule has 1 unspecified atom stereocenters. The molecule has 0 aliphatic rings. The SMILES string of the molecule is CCCCCCC(CC(=O)O)C(CC)(CC)C(=O)O. The van der Waals surface area contributed by atoms with E-state index in [0.717, 1.165) is 25.7 Å². The zero-order chi connectivity index (χ0) is 14.9. The summed E-state index contributed by atoms with van der Waals surface area (Å²) in [5.41, 5.74) is -0.884. The van der Waals surface area contributed by atoms with Gasteiger partial charge in [0.15, 0.2) is 0 Å². The second-order valence-electron chi connectivity index (χ2n) is 5.31. The third-order valence-corrected chi connectivity index (χ3v) is 4.30. The Bertz CT molecular complexity index is 282. The van der Waals surface area contributed by atoms with Gasteiger partial charge >= 0.3 is 11.9 Å². The van der Waals surface area contributed by atoms with Crippen LogP contribution in [0.5, 0.6) is 0 Å². The zero-order valence-corrected chi connectivity index (χ0v) is 12.4. The highest BCUT2D eigenvalue weighted by Crippen LogP contribution is 2.40. The summed E-state index contributed by atoms with van der Waals surface area (Å²) in [5.74, 6) is -2.01. The van der Waals surface area contributed by atoms with Gasteiger partial charge in [0.05, 0.1) is 5.41 Å². The van der Waals surface area contributed by atoms with E-state index in [4.69, 9.17) is 5.11 Å². The molecule has 0 saturated heterocycles. The molecule has 19 heavy (non-hydrogen) atoms. The van der Waals surface area contributed by atoms with Gasteiger partial charge in [-0.25, -0.2) is 0 Å². The molecule has 0 aromatic carbocycles. The van der Waals surface area contributed by atoms with Crippen molar-refractivity contribution in [3.05, 3.63) is 0 Å². The van der Waals surface area contributed by atoms with Gasteiger partial charge in [0, 0.05) is 6.42 Å². The van der Waals surface area contributed by atoms with E-state index in [1.165, 1.54) is 0 Å². The topological polar surface area (TPSA) is 74.6 Å². The maximum atomic E-state index is 11.6. The van der Waals surface area contributed by atoms with Crippen LogP contribution in [0.2, 0.25) is 0 Å². The average molecular weight is 272 g/mol. The van der Waals surface area contributed by atoms with E-state index in [9.17, 15) is 14.7 Å². The first-order chi connectivity index (χ1) is 8.94. The summed E-state index contributed by atoms with van der Waals surface area (Å²) in [6.45, 7) is 5.81. The number of carboxylic acids is 2. The summed E-state index contributed by atoms with van der Waals surface area (Å²) >= 11 is 0. The van der Waals surface area contributed by atoms with Gasteiger partial charge in [-0.15, -0.1) is 0 Å². The molecule has 0 saturated carbocycles. The molecular formula is C15H28O4. The number of hydrogen-bond donors (Lipinski definition) is 2. The van der Waals surface area contributed by atoms with Crippen molar-refractivity contribution < 1.29 is 19.8 Å². The highest BCUT2D eigenvalue weighted by molar-refractivity contribution is 5.76. The molecule has 0 aliphatic carbocycles. The monoisotopic (exact) mass is 272 g/mol. The van der Waals surface area contributed by atoms with Crippen LogP contribution in [0.15, 0.2) is 0 Å². The summed E-state index contributed by atoms with van der Waals surface area (Å²) in [4.78, 5) is 22.6. The Morgan fingerprint density at radius 2 is 1.58 bits per heavy atom. The Kier molecular flexibility index (Phi) is 8.44. The molecule has 0 heterocycles. The van der Waals surface area contributed by atoms with Crippen molar-refractivity contribution in [3.63, 3.8) is 0 Å². The first-order valence-corrected chi connectivity index (χ1v) is 7.39. The van der Waals surface area contributed by atoms with Crippen LogP contribution in [0.3, 0.4) is 0 Å². The lowest BCUT2D eigenvalue weighted by atomic mass is 9.68. The molecule has 0 aliphatic heterocycles. The minimum Gasteiger partial charge on any atom is -0.481 e. The molecule has 0 fully saturated rings. The molecule has 0 aromatic heterocycles. The van der Waals surface area contributed by atoms with Gasteiger partial charge in [-0.1, -0.05) is 46.5 Å². The van der Waals surface area contributed by atoms with Crippen LogP contribution in [0.1, 0.15) is 72.1 Å². The average Bonchev–Trinajstić information content (AvgIpc) is 2.35. The Morgan fingerprint density at radius 1 is 1.00 bits per heavy atom. The van der Waals surface area contributed by atoms with Gasteiger partial charge in [0.1, 0.15) is 0 Å². The third-order valence-electron chi connectivity index (χ3n) is 4.30. The first kappa shape index (κ1) is 17.9. The summed E-state index contributed by atoms with van der Waals surface area (Å²) in [6.07, 6.45) is 5.85. The standard InChI is InChI=1S/C15H28O4/c1-4-7-8-9-10-12(11-13(16)17)15(5-2,6-3)14(18)19/h12H,4-11H2,1-3H3,(H,16,17)(H,18,19). The van der Waals surface area contributed by atoms with E-state index in [-0.39, 0.29) is 12.3 Å². The minimum atomic E-state index is -0.895. The molecule has 0 bridgehead atoms. The van der Waals surface area contributed by atoms with E-state index >= 15 is 0 Å². The number of carbonyl (C=O) groups is 2. The Morgan fingerprint density at radius 3 is 1.95 bits per heavy atom. The smallest absolute Gasteiger partial charge is 0.309 e. The molecule has 0 rings (SSSR count). The van der Waals surface area contributed by atoms with Crippen LogP contribution in [-0.4, -0.2) is 22.2 Å². The lowest BCUT2D eigenvalue weighted by Gasteiger charge is -2.35. The van der Waals surface area contributed by atoms with Crippen molar-refractivity contribution in [1.82, 2.24) is 0 Å². The highest BCUT2D eigenvalue weighted by Gasteiger charge is 2.43. The van der Waals surface area contributed by atoms with E-state index in [1.54, 1.807) is 0 Å². The molecule has 2 N–H and O–H groups in total. The maximum absolute atomic E-state index is 11.6. The van der Waals surface area contributed by atoms with Crippen LogP contribution in [0, 0.1) is 11.3 Å². The van der Waals surface area contributed by atoms with Crippen molar-refractivity contribution in [1.29, 1.82) is 0 Å². The minimum absolute atomic E-state index is 0.0416. The Balaban J connectivity index is 4.86. The van der Waals surface area contributed by atoms with Crippen molar-refractivity contribution in [3.8, 4) is 0 Å². The van der Waals surface area contributed by atoms with Crippen LogP contribution in [0.4, 0.5) is 0 Å². The second kappa shape index (κ2) is 8.94. The molecule has 112 valence electrons. The highest BCUT2D eigenvalue weighted by atomic mass is 16.4. The molecule has 0 radical (unpaired) electrons. The Labute approximate surface area is 116 Å². The number of hydrogen-bond acceptors (Lipinski definition) is 2. The van der Waals surface area contributed by atoms with Gasteiger partial charge < -0.3 is 10.2 Å². The number of unbranched alkanes of at least 4 members (excludes halogenated alkanes) is 3. The fourth-order valence-corrected chi connectivity index (χ4v) is 2.91. The lowest BCUT2D eigenvalue weighted by molar-refractivity contribution is -0.155. The van der Waals surface area contributed by atoms with Crippen molar-refractivity contribution >= 4 is 11.9 Å². The van der Waals surface area contributed by atoms with Crippen molar-refractivity contribution in [2.45, 2.75) is 72.1 Å². The number of carboxylic acid groups (broad SMARTS) is 2. The van der Waals surface area contributed by atoms with E-state index in [1.807, 2.05) is 13.8 Å². The van der Waals surface area contributed by atoms with E-state index in [0.29, 0.717) is 19.3 Å². The molecule has 0 spiro atoms. The number of aliphatic carboxylic acids is 2. The lowest BCUT2D eigenvalue weighted by Crippen LogP contribution is -2.39. The molecule has 0 aromatic rings.